The highest BCUT2D eigenvalue weighted by atomic mass is 79.9. The van der Waals surface area contributed by atoms with Crippen molar-refractivity contribution < 1.29 is 4.79 Å². The van der Waals surface area contributed by atoms with Gasteiger partial charge in [0.2, 0.25) is 5.91 Å². The summed E-state index contributed by atoms with van der Waals surface area (Å²) in [5, 5.41) is 11.0. The Morgan fingerprint density at radius 1 is 1.59 bits per heavy atom. The zero-order valence-corrected chi connectivity index (χ0v) is 11.5. The molecule has 6 heteroatoms. The van der Waals surface area contributed by atoms with Crippen molar-refractivity contribution in [1.82, 2.24) is 5.32 Å². The summed E-state index contributed by atoms with van der Waals surface area (Å²) in [5.41, 5.74) is 6.44. The summed E-state index contributed by atoms with van der Waals surface area (Å²) in [6.07, 6.45) is 0.329. The van der Waals surface area contributed by atoms with Gasteiger partial charge in [0.05, 0.1) is 18.2 Å². The predicted octanol–water partition coefficient (Wildman–Crippen LogP) is 2.15. The summed E-state index contributed by atoms with van der Waals surface area (Å²) in [5.74, 6) is 0.205. The minimum Gasteiger partial charge on any atom is -0.398 e. The molecule has 0 heterocycles. The molecular formula is C11H12BrN3OS. The van der Waals surface area contributed by atoms with Crippen LogP contribution in [0, 0.1) is 11.3 Å². The van der Waals surface area contributed by atoms with Gasteiger partial charge in [-0.3, -0.25) is 4.79 Å². The SMILES string of the molecule is N#CCCNC(=O)CSc1cc(Br)ccc1N. The molecule has 0 saturated carbocycles. The molecular weight excluding hydrogens is 302 g/mol. The number of anilines is 1. The quantitative estimate of drug-likeness (QED) is 0.496. The highest BCUT2D eigenvalue weighted by molar-refractivity contribution is 9.10. The molecule has 0 bridgehead atoms. The monoisotopic (exact) mass is 313 g/mol. The highest BCUT2D eigenvalue weighted by Crippen LogP contribution is 2.27. The number of nitrogens with one attached hydrogen (secondary N) is 1. The van der Waals surface area contributed by atoms with Crippen LogP contribution in [0.3, 0.4) is 0 Å². The molecule has 90 valence electrons. The Bertz CT molecular complexity index is 445. The van der Waals surface area contributed by atoms with Crippen molar-refractivity contribution in [3.05, 3.63) is 22.7 Å². The van der Waals surface area contributed by atoms with Crippen molar-refractivity contribution in [2.24, 2.45) is 0 Å². The lowest BCUT2D eigenvalue weighted by atomic mass is 10.3. The third kappa shape index (κ3) is 5.11. The number of thioether (sulfide) groups is 1. The number of carbonyl (C=O) groups excluding carboxylic acids is 1. The average Bonchev–Trinajstić information content (AvgIpc) is 2.31. The van der Waals surface area contributed by atoms with E-state index < -0.39 is 0 Å². The van der Waals surface area contributed by atoms with Crippen LogP contribution in [0.4, 0.5) is 5.69 Å². The van der Waals surface area contributed by atoms with E-state index in [2.05, 4.69) is 21.2 Å². The first-order chi connectivity index (χ1) is 8.13. The molecule has 0 radical (unpaired) electrons. The molecule has 4 nitrogen and oxygen atoms in total. The first kappa shape index (κ1) is 13.9. The molecule has 17 heavy (non-hydrogen) atoms. The van der Waals surface area contributed by atoms with Crippen molar-refractivity contribution in [3.63, 3.8) is 0 Å². The predicted molar refractivity (Wildman–Crippen MR) is 72.5 cm³/mol. The lowest BCUT2D eigenvalue weighted by Gasteiger charge is -2.06. The van der Waals surface area contributed by atoms with Crippen molar-refractivity contribution in [3.8, 4) is 6.07 Å². The van der Waals surface area contributed by atoms with Crippen LogP contribution >= 0.6 is 27.7 Å². The number of halogens is 1. The first-order valence-electron chi connectivity index (χ1n) is 4.95. The number of nitrogens with zero attached hydrogens (tertiary/aromatic N) is 1. The number of nitrogens with two attached hydrogens (primary N) is 1. The standard InChI is InChI=1S/C11H12BrN3OS/c12-8-2-3-9(14)10(6-8)17-7-11(16)15-5-1-4-13/h2-3,6H,1,5,7,14H2,(H,15,16). The van der Waals surface area contributed by atoms with Gasteiger partial charge < -0.3 is 11.1 Å². The second-order valence-corrected chi connectivity index (χ2v) is 5.16. The van der Waals surface area contributed by atoms with E-state index in [-0.39, 0.29) is 5.91 Å². The van der Waals surface area contributed by atoms with Crippen LogP contribution in [0.15, 0.2) is 27.6 Å². The molecule has 1 aromatic rings. The molecule has 0 fully saturated rings. The van der Waals surface area contributed by atoms with Gasteiger partial charge in [0.25, 0.3) is 0 Å². The Kier molecular flexibility index (Phi) is 5.87. The number of hydrogen-bond donors (Lipinski definition) is 2. The van der Waals surface area contributed by atoms with Crippen LogP contribution < -0.4 is 11.1 Å². The molecule has 0 unspecified atom stereocenters. The minimum atomic E-state index is -0.0929. The maximum absolute atomic E-state index is 11.4. The topological polar surface area (TPSA) is 78.9 Å². The van der Waals surface area contributed by atoms with Crippen LogP contribution in [0.5, 0.6) is 0 Å². The Hall–Kier alpha value is -1.19. The zero-order chi connectivity index (χ0) is 12.7. The zero-order valence-electron chi connectivity index (χ0n) is 9.07. The van der Waals surface area contributed by atoms with Gasteiger partial charge in [-0.1, -0.05) is 15.9 Å². The Balaban J connectivity index is 2.42. The van der Waals surface area contributed by atoms with Gasteiger partial charge in [-0.2, -0.15) is 5.26 Å². The van der Waals surface area contributed by atoms with Crippen molar-refractivity contribution >= 4 is 39.3 Å². The number of nitrogen functional groups attached to an aromatic ring is 1. The van der Waals surface area contributed by atoms with E-state index in [4.69, 9.17) is 11.0 Å². The van der Waals surface area contributed by atoms with E-state index in [0.717, 1.165) is 9.37 Å². The lowest BCUT2D eigenvalue weighted by molar-refractivity contribution is -0.118. The summed E-state index contributed by atoms with van der Waals surface area (Å²) < 4.78 is 0.930. The molecule has 0 atom stereocenters. The first-order valence-corrected chi connectivity index (χ1v) is 6.73. The number of hydrogen-bond acceptors (Lipinski definition) is 4. The van der Waals surface area contributed by atoms with Crippen molar-refractivity contribution in [1.29, 1.82) is 5.26 Å². The van der Waals surface area contributed by atoms with E-state index in [1.54, 1.807) is 6.07 Å². The van der Waals surface area contributed by atoms with Gasteiger partial charge in [-0.25, -0.2) is 0 Å². The van der Waals surface area contributed by atoms with Crippen molar-refractivity contribution in [2.45, 2.75) is 11.3 Å². The second-order valence-electron chi connectivity index (χ2n) is 3.23. The fraction of sp³-hybridized carbons (Fsp3) is 0.273. The van der Waals surface area contributed by atoms with Gasteiger partial charge in [-0.15, -0.1) is 11.8 Å². The third-order valence-electron chi connectivity index (χ3n) is 1.89. The molecule has 0 aromatic heterocycles. The second kappa shape index (κ2) is 7.20. The number of nitriles is 1. The van der Waals surface area contributed by atoms with E-state index in [1.807, 2.05) is 18.2 Å². The molecule has 1 rings (SSSR count). The van der Waals surface area contributed by atoms with E-state index in [9.17, 15) is 4.79 Å². The summed E-state index contributed by atoms with van der Waals surface area (Å²) in [6.45, 7) is 0.393. The van der Waals surface area contributed by atoms with Crippen molar-refractivity contribution in [2.75, 3.05) is 18.0 Å². The highest BCUT2D eigenvalue weighted by Gasteiger charge is 2.05. The van der Waals surface area contributed by atoms with Gasteiger partial charge in [-0.05, 0) is 18.2 Å². The van der Waals surface area contributed by atoms with E-state index in [1.165, 1.54) is 11.8 Å². The molecule has 0 aliphatic rings. The smallest absolute Gasteiger partial charge is 0.230 e. The van der Waals surface area contributed by atoms with Crippen LogP contribution in [-0.4, -0.2) is 18.2 Å². The number of rotatable bonds is 5. The Labute approximate surface area is 113 Å². The number of benzene rings is 1. The molecule has 1 amide bonds. The van der Waals surface area contributed by atoms with Crippen LogP contribution in [0.25, 0.3) is 0 Å². The molecule has 0 aliphatic heterocycles. The van der Waals surface area contributed by atoms with Gasteiger partial charge in [0.15, 0.2) is 0 Å². The lowest BCUT2D eigenvalue weighted by Crippen LogP contribution is -2.25. The largest absolute Gasteiger partial charge is 0.398 e. The van der Waals surface area contributed by atoms with Gasteiger partial charge >= 0.3 is 0 Å². The van der Waals surface area contributed by atoms with Gasteiger partial charge in [0.1, 0.15) is 0 Å². The summed E-state index contributed by atoms with van der Waals surface area (Å²) in [7, 11) is 0. The van der Waals surface area contributed by atoms with E-state index >= 15 is 0 Å². The fourth-order valence-electron chi connectivity index (χ4n) is 1.09. The third-order valence-corrected chi connectivity index (χ3v) is 3.46. The van der Waals surface area contributed by atoms with Gasteiger partial charge in [0, 0.05) is 21.6 Å². The molecule has 1 aromatic carbocycles. The maximum Gasteiger partial charge on any atom is 0.230 e. The Morgan fingerprint density at radius 3 is 3.06 bits per heavy atom. The molecule has 0 aliphatic carbocycles. The average molecular weight is 314 g/mol. The maximum atomic E-state index is 11.4. The fourth-order valence-corrected chi connectivity index (χ4v) is 2.43. The summed E-state index contributed by atoms with van der Waals surface area (Å²) >= 11 is 4.73. The summed E-state index contributed by atoms with van der Waals surface area (Å²) in [6, 6.07) is 7.49. The van der Waals surface area contributed by atoms with Crippen LogP contribution in [-0.2, 0) is 4.79 Å². The Morgan fingerprint density at radius 2 is 2.35 bits per heavy atom. The molecule has 0 saturated heterocycles. The normalized spacial score (nSPS) is 9.65. The molecule has 0 spiro atoms. The minimum absolute atomic E-state index is 0.0929. The number of amides is 1. The van der Waals surface area contributed by atoms with E-state index in [0.29, 0.717) is 24.4 Å². The summed E-state index contributed by atoms with van der Waals surface area (Å²) in [4.78, 5) is 12.3. The van der Waals surface area contributed by atoms with Crippen LogP contribution in [0.2, 0.25) is 0 Å². The molecule has 3 N–H and O–H groups in total. The number of carbonyl (C=O) groups is 1. The van der Waals surface area contributed by atoms with Crippen LogP contribution in [0.1, 0.15) is 6.42 Å².